The number of hydrogen-bond acceptors (Lipinski definition) is 4. The van der Waals surface area contributed by atoms with Gasteiger partial charge < -0.3 is 5.32 Å². The zero-order valence-corrected chi connectivity index (χ0v) is 19.3. The lowest BCUT2D eigenvalue weighted by molar-refractivity contribution is -0.142. The number of alkyl halides is 3. The average Bonchev–Trinajstić information content (AvgIpc) is 2.65. The summed E-state index contributed by atoms with van der Waals surface area (Å²) in [6.07, 6.45) is 2.40. The lowest BCUT2D eigenvalue weighted by atomic mass is 9.51. The summed E-state index contributed by atoms with van der Waals surface area (Å²) < 4.78 is 39.7. The quantitative estimate of drug-likeness (QED) is 0.351. The molecule has 1 aromatic heterocycles. The molecule has 4 saturated carbocycles. The number of carbonyl (C=O) groups excluding carboxylic acids is 1. The van der Waals surface area contributed by atoms with Crippen LogP contribution in [0.25, 0.3) is 0 Å². The van der Waals surface area contributed by atoms with Crippen LogP contribution in [0.15, 0.2) is 11.2 Å². The molecule has 4 bridgehead atoms. The Balaban J connectivity index is 1.28. The highest BCUT2D eigenvalue weighted by Crippen LogP contribution is 2.56. The van der Waals surface area contributed by atoms with E-state index in [0.29, 0.717) is 36.2 Å². The highest BCUT2D eigenvalue weighted by atomic mass is 32.2. The molecule has 4 fully saturated rings. The van der Waals surface area contributed by atoms with Crippen molar-refractivity contribution in [1.29, 1.82) is 0 Å². The molecule has 0 atom stereocenters. The molecule has 0 aliphatic heterocycles. The summed E-state index contributed by atoms with van der Waals surface area (Å²) >= 11 is 1.22. The van der Waals surface area contributed by atoms with Gasteiger partial charge in [0.1, 0.15) is 5.69 Å². The van der Waals surface area contributed by atoms with Crippen LogP contribution in [0.5, 0.6) is 0 Å². The van der Waals surface area contributed by atoms with Crippen LogP contribution >= 0.6 is 11.8 Å². The molecule has 0 unspecified atom stereocenters. The summed E-state index contributed by atoms with van der Waals surface area (Å²) in [5, 5.41) is 3.24. The third-order valence-electron chi connectivity index (χ3n) is 7.15. The Morgan fingerprint density at radius 2 is 1.61 bits per heavy atom. The number of nitrogens with zero attached hydrogens (tertiary/aromatic N) is 2. The number of aromatic nitrogens is 2. The van der Waals surface area contributed by atoms with Gasteiger partial charge in [0.25, 0.3) is 0 Å². The number of halogens is 3. The van der Waals surface area contributed by atoms with Gasteiger partial charge >= 0.3 is 6.18 Å². The fourth-order valence-electron chi connectivity index (χ4n) is 5.94. The van der Waals surface area contributed by atoms with E-state index in [0.717, 1.165) is 17.9 Å². The minimum Gasteiger partial charge on any atom is -0.356 e. The molecule has 4 nitrogen and oxygen atoms in total. The summed E-state index contributed by atoms with van der Waals surface area (Å²) in [5.41, 5.74) is -1.01. The predicted molar refractivity (Wildman–Crippen MR) is 115 cm³/mol. The van der Waals surface area contributed by atoms with Crippen LogP contribution < -0.4 is 5.32 Å². The lowest BCUT2D eigenvalue weighted by Crippen LogP contribution is -2.51. The van der Waals surface area contributed by atoms with Gasteiger partial charge in [0.2, 0.25) is 5.91 Å². The summed E-state index contributed by atoms with van der Waals surface area (Å²) in [6.45, 7) is 6.05. The normalized spacial score (nSPS) is 29.9. The van der Waals surface area contributed by atoms with Crippen molar-refractivity contribution in [2.24, 2.45) is 29.6 Å². The molecule has 1 amide bonds. The van der Waals surface area contributed by atoms with Crippen molar-refractivity contribution < 1.29 is 18.0 Å². The SMILES string of the molecule is CC(C)(C)c1cc(C(F)(F)F)nc(SCCCNC(=O)C2C3CC4CC(C3)CC2C4)n1. The second-order valence-corrected chi connectivity index (χ2v) is 11.7. The van der Waals surface area contributed by atoms with E-state index < -0.39 is 17.3 Å². The summed E-state index contributed by atoms with van der Waals surface area (Å²) in [6, 6.07) is 1.04. The molecule has 1 N–H and O–H groups in total. The molecule has 0 saturated heterocycles. The molecule has 0 aromatic carbocycles. The molecule has 0 radical (unpaired) electrons. The van der Waals surface area contributed by atoms with Gasteiger partial charge in [0.15, 0.2) is 5.16 Å². The van der Waals surface area contributed by atoms with Gasteiger partial charge in [0.05, 0.1) is 5.69 Å². The van der Waals surface area contributed by atoms with Gasteiger partial charge in [-0.2, -0.15) is 13.2 Å². The maximum atomic E-state index is 13.2. The second-order valence-electron chi connectivity index (χ2n) is 10.6. The Labute approximate surface area is 186 Å². The van der Waals surface area contributed by atoms with Crippen LogP contribution in [-0.4, -0.2) is 28.2 Å². The number of nitrogens with one attached hydrogen (secondary N) is 1. The zero-order chi connectivity index (χ0) is 22.4. The predicted octanol–water partition coefficient (Wildman–Crippen LogP) is 5.46. The minimum atomic E-state index is -4.50. The first-order valence-electron chi connectivity index (χ1n) is 11.4. The van der Waals surface area contributed by atoms with Crippen molar-refractivity contribution in [1.82, 2.24) is 15.3 Å². The molecule has 4 aliphatic rings. The maximum Gasteiger partial charge on any atom is 0.433 e. The Morgan fingerprint density at radius 3 is 2.16 bits per heavy atom. The molecule has 8 heteroatoms. The van der Waals surface area contributed by atoms with Gasteiger partial charge in [-0.05, 0) is 68.3 Å². The van der Waals surface area contributed by atoms with Crippen LogP contribution in [-0.2, 0) is 16.4 Å². The molecule has 1 aromatic rings. The van der Waals surface area contributed by atoms with Crippen molar-refractivity contribution >= 4 is 17.7 Å². The summed E-state index contributed by atoms with van der Waals surface area (Å²) in [4.78, 5) is 20.9. The van der Waals surface area contributed by atoms with Crippen molar-refractivity contribution in [2.75, 3.05) is 12.3 Å². The van der Waals surface area contributed by atoms with E-state index in [2.05, 4.69) is 15.3 Å². The van der Waals surface area contributed by atoms with Crippen molar-refractivity contribution in [3.05, 3.63) is 17.5 Å². The molecule has 31 heavy (non-hydrogen) atoms. The van der Waals surface area contributed by atoms with Crippen molar-refractivity contribution in [3.8, 4) is 0 Å². The first kappa shape index (κ1) is 22.9. The van der Waals surface area contributed by atoms with E-state index in [4.69, 9.17) is 0 Å². The number of thioether (sulfide) groups is 1. The molecule has 172 valence electrons. The zero-order valence-electron chi connectivity index (χ0n) is 18.5. The molecule has 4 aliphatic carbocycles. The number of amides is 1. The maximum absolute atomic E-state index is 13.2. The van der Waals surface area contributed by atoms with Crippen molar-refractivity contribution in [3.63, 3.8) is 0 Å². The summed E-state index contributed by atoms with van der Waals surface area (Å²) in [7, 11) is 0. The molecular weight excluding hydrogens is 423 g/mol. The van der Waals surface area contributed by atoms with Gasteiger partial charge in [0, 0.05) is 23.6 Å². The third kappa shape index (κ3) is 5.20. The average molecular weight is 456 g/mol. The number of carbonyl (C=O) groups is 1. The van der Waals surface area contributed by atoms with Gasteiger partial charge in [-0.25, -0.2) is 9.97 Å². The van der Waals surface area contributed by atoms with Crippen LogP contribution in [0.4, 0.5) is 13.2 Å². The van der Waals surface area contributed by atoms with Crippen LogP contribution in [0.3, 0.4) is 0 Å². The van der Waals surface area contributed by atoms with E-state index in [1.54, 1.807) is 0 Å². The van der Waals surface area contributed by atoms with Crippen LogP contribution in [0.1, 0.15) is 70.7 Å². The van der Waals surface area contributed by atoms with Gasteiger partial charge in [-0.15, -0.1) is 0 Å². The molecule has 0 spiro atoms. The second kappa shape index (κ2) is 8.56. The first-order valence-corrected chi connectivity index (χ1v) is 12.4. The number of hydrogen-bond donors (Lipinski definition) is 1. The third-order valence-corrected chi connectivity index (χ3v) is 8.08. The standard InChI is InChI=1S/C23H32F3N3OS/c1-22(2,3)17-12-18(23(24,25)26)29-21(28-17)31-6-4-5-27-20(30)19-15-8-13-7-14(10-15)11-16(19)9-13/h12-16,19H,4-11H2,1-3H3,(H,27,30). The highest BCUT2D eigenvalue weighted by molar-refractivity contribution is 7.99. The molecular formula is C23H32F3N3OS. The largest absolute Gasteiger partial charge is 0.433 e. The monoisotopic (exact) mass is 455 g/mol. The Kier molecular flexibility index (Phi) is 6.32. The Morgan fingerprint density at radius 1 is 1.03 bits per heavy atom. The van der Waals surface area contributed by atoms with Gasteiger partial charge in [-0.3, -0.25) is 4.79 Å². The van der Waals surface area contributed by atoms with E-state index in [1.165, 1.54) is 43.9 Å². The number of rotatable bonds is 6. The van der Waals surface area contributed by atoms with E-state index >= 15 is 0 Å². The Bertz CT molecular complexity index is 761. The molecule has 5 rings (SSSR count). The van der Waals surface area contributed by atoms with E-state index in [-0.39, 0.29) is 17.0 Å². The lowest BCUT2D eigenvalue weighted by Gasteiger charge is -2.53. The van der Waals surface area contributed by atoms with Crippen LogP contribution in [0, 0.1) is 29.6 Å². The van der Waals surface area contributed by atoms with E-state index in [1.807, 2.05) is 20.8 Å². The Hall–Kier alpha value is -1.31. The summed E-state index contributed by atoms with van der Waals surface area (Å²) in [5.74, 6) is 3.71. The van der Waals surface area contributed by atoms with Crippen LogP contribution in [0.2, 0.25) is 0 Å². The fourth-order valence-corrected chi connectivity index (χ4v) is 6.73. The van der Waals surface area contributed by atoms with Crippen molar-refractivity contribution in [2.45, 2.75) is 76.0 Å². The molecule has 1 heterocycles. The van der Waals surface area contributed by atoms with E-state index in [9.17, 15) is 18.0 Å². The van der Waals surface area contributed by atoms with Gasteiger partial charge in [-0.1, -0.05) is 32.5 Å². The first-order chi connectivity index (χ1) is 14.5. The minimum absolute atomic E-state index is 0.145. The fraction of sp³-hybridized carbons (Fsp3) is 0.783. The topological polar surface area (TPSA) is 54.9 Å². The highest BCUT2D eigenvalue weighted by Gasteiger charge is 2.50. The smallest absolute Gasteiger partial charge is 0.356 e.